The van der Waals surface area contributed by atoms with Crippen molar-refractivity contribution in [2.45, 2.75) is 30.4 Å². The first-order valence-corrected chi connectivity index (χ1v) is 8.94. The summed E-state index contributed by atoms with van der Waals surface area (Å²) in [5, 5.41) is 10.8. The summed E-state index contributed by atoms with van der Waals surface area (Å²) in [7, 11) is 0. The SMILES string of the molecule is CC(C)CO[C@@H]1CCN(C(=O)c2ccc([N+](=O)[O-])cc2Cl)C1I. The van der Waals surface area contributed by atoms with Gasteiger partial charge in [-0.3, -0.25) is 14.9 Å². The smallest absolute Gasteiger partial charge is 0.270 e. The molecule has 0 bridgehead atoms. The van der Waals surface area contributed by atoms with Crippen LogP contribution in [0.5, 0.6) is 0 Å². The van der Waals surface area contributed by atoms with Crippen LogP contribution in [0.25, 0.3) is 0 Å². The number of carbonyl (C=O) groups is 1. The normalized spacial score (nSPS) is 21.0. The first kappa shape index (κ1) is 18.4. The van der Waals surface area contributed by atoms with Crippen molar-refractivity contribution in [3.8, 4) is 0 Å². The van der Waals surface area contributed by atoms with Crippen LogP contribution in [-0.4, -0.2) is 39.0 Å². The summed E-state index contributed by atoms with van der Waals surface area (Å²) < 4.78 is 5.77. The molecule has 23 heavy (non-hydrogen) atoms. The van der Waals surface area contributed by atoms with E-state index < -0.39 is 4.92 Å². The van der Waals surface area contributed by atoms with Crippen molar-refractivity contribution in [3.05, 3.63) is 38.9 Å². The molecule has 2 atom stereocenters. The minimum atomic E-state index is -0.535. The second-order valence-corrected chi connectivity index (χ2v) is 7.53. The fourth-order valence-corrected chi connectivity index (χ4v) is 3.72. The van der Waals surface area contributed by atoms with Crippen LogP contribution in [-0.2, 0) is 4.74 Å². The molecule has 0 radical (unpaired) electrons. The number of nitro groups is 1. The van der Waals surface area contributed by atoms with Gasteiger partial charge in [0.05, 0.1) is 21.6 Å². The molecule has 1 aliphatic heterocycles. The van der Waals surface area contributed by atoms with Gasteiger partial charge in [-0.15, -0.1) is 0 Å². The number of carbonyl (C=O) groups excluding carboxylic acids is 1. The van der Waals surface area contributed by atoms with E-state index in [1.54, 1.807) is 4.90 Å². The Bertz CT molecular complexity index is 611. The second kappa shape index (κ2) is 7.76. The van der Waals surface area contributed by atoms with Crippen molar-refractivity contribution >= 4 is 45.8 Å². The van der Waals surface area contributed by atoms with Crippen molar-refractivity contribution in [1.29, 1.82) is 0 Å². The zero-order valence-electron chi connectivity index (χ0n) is 12.9. The average Bonchev–Trinajstić information content (AvgIpc) is 2.85. The molecule has 0 spiro atoms. The number of alkyl halides is 1. The van der Waals surface area contributed by atoms with Crippen molar-refractivity contribution in [2.24, 2.45) is 5.92 Å². The van der Waals surface area contributed by atoms with Gasteiger partial charge in [0.15, 0.2) is 0 Å². The first-order valence-electron chi connectivity index (χ1n) is 7.32. The highest BCUT2D eigenvalue weighted by atomic mass is 127. The highest BCUT2D eigenvalue weighted by molar-refractivity contribution is 14.1. The van der Waals surface area contributed by atoms with E-state index in [1.165, 1.54) is 18.2 Å². The number of non-ortho nitro benzene ring substituents is 1. The van der Waals surface area contributed by atoms with Crippen LogP contribution in [0.2, 0.25) is 5.02 Å². The third-order valence-corrected chi connectivity index (χ3v) is 5.34. The molecule has 1 aliphatic rings. The lowest BCUT2D eigenvalue weighted by molar-refractivity contribution is -0.384. The Kier molecular flexibility index (Phi) is 6.21. The number of likely N-dealkylation sites (tertiary alicyclic amines) is 1. The molecule has 1 saturated heterocycles. The predicted molar refractivity (Wildman–Crippen MR) is 96.1 cm³/mol. The quantitative estimate of drug-likeness (QED) is 0.223. The number of hydrogen-bond donors (Lipinski definition) is 0. The molecule has 0 N–H and O–H groups in total. The van der Waals surface area contributed by atoms with Crippen LogP contribution in [0, 0.1) is 16.0 Å². The van der Waals surface area contributed by atoms with Crippen LogP contribution in [0.15, 0.2) is 18.2 Å². The van der Waals surface area contributed by atoms with Crippen LogP contribution < -0.4 is 0 Å². The highest BCUT2D eigenvalue weighted by Gasteiger charge is 2.37. The van der Waals surface area contributed by atoms with Gasteiger partial charge in [-0.05, 0) is 18.4 Å². The second-order valence-electron chi connectivity index (χ2n) is 5.85. The predicted octanol–water partition coefficient (Wildman–Crippen LogP) is 3.90. The minimum Gasteiger partial charge on any atom is -0.375 e. The Morgan fingerprint density at radius 1 is 1.57 bits per heavy atom. The van der Waals surface area contributed by atoms with E-state index in [4.69, 9.17) is 16.3 Å². The third kappa shape index (κ3) is 4.33. The molecule has 8 heteroatoms. The van der Waals surface area contributed by atoms with E-state index in [9.17, 15) is 14.9 Å². The van der Waals surface area contributed by atoms with Gasteiger partial charge in [-0.2, -0.15) is 0 Å². The zero-order valence-corrected chi connectivity index (χ0v) is 15.8. The lowest BCUT2D eigenvalue weighted by Crippen LogP contribution is -2.36. The average molecular weight is 453 g/mol. The molecule has 126 valence electrons. The maximum Gasteiger partial charge on any atom is 0.270 e. The summed E-state index contributed by atoms with van der Waals surface area (Å²) in [6.45, 7) is 5.40. The van der Waals surface area contributed by atoms with Gasteiger partial charge >= 0.3 is 0 Å². The highest BCUT2D eigenvalue weighted by Crippen LogP contribution is 2.31. The van der Waals surface area contributed by atoms with E-state index in [0.717, 1.165) is 6.42 Å². The van der Waals surface area contributed by atoms with Crippen molar-refractivity contribution in [2.75, 3.05) is 13.2 Å². The van der Waals surface area contributed by atoms with Crippen molar-refractivity contribution < 1.29 is 14.5 Å². The molecule has 1 aromatic rings. The van der Waals surface area contributed by atoms with E-state index in [0.29, 0.717) is 19.1 Å². The number of hydrogen-bond acceptors (Lipinski definition) is 4. The third-order valence-electron chi connectivity index (χ3n) is 3.56. The largest absolute Gasteiger partial charge is 0.375 e. The molecule has 1 unspecified atom stereocenters. The van der Waals surface area contributed by atoms with E-state index >= 15 is 0 Å². The molecule has 0 saturated carbocycles. The summed E-state index contributed by atoms with van der Waals surface area (Å²) >= 11 is 8.25. The number of halogens is 2. The van der Waals surface area contributed by atoms with Crippen molar-refractivity contribution in [3.63, 3.8) is 0 Å². The number of benzene rings is 1. The molecular weight excluding hydrogens is 435 g/mol. The number of nitro benzene ring substituents is 1. The summed E-state index contributed by atoms with van der Waals surface area (Å²) in [5.74, 6) is 0.215. The Morgan fingerprint density at radius 2 is 2.26 bits per heavy atom. The summed E-state index contributed by atoms with van der Waals surface area (Å²) in [5.41, 5.74) is 0.153. The van der Waals surface area contributed by atoms with Gasteiger partial charge in [0.1, 0.15) is 4.05 Å². The molecule has 2 rings (SSSR count). The topological polar surface area (TPSA) is 72.7 Å². The number of nitrogens with zero attached hydrogens (tertiary/aromatic N) is 2. The molecule has 1 fully saturated rings. The van der Waals surface area contributed by atoms with E-state index in [-0.39, 0.29) is 32.3 Å². The molecule has 1 heterocycles. The Balaban J connectivity index is 2.10. The van der Waals surface area contributed by atoms with Gasteiger partial charge in [0.2, 0.25) is 0 Å². The number of amides is 1. The standard InChI is InChI=1S/C15H18ClIN2O4/c1-9(2)8-23-13-5-6-18(14(13)17)15(20)11-4-3-10(19(21)22)7-12(11)16/h3-4,7,9,13-14H,5-6,8H2,1-2H3/t13-,14?/m1/s1. The maximum absolute atomic E-state index is 12.7. The fraction of sp³-hybridized carbons (Fsp3) is 0.533. The Hall–Kier alpha value is -0.930. The Morgan fingerprint density at radius 3 is 2.83 bits per heavy atom. The summed E-state index contributed by atoms with van der Waals surface area (Å²) in [4.78, 5) is 24.6. The summed E-state index contributed by atoms with van der Waals surface area (Å²) in [6.07, 6.45) is 0.773. The van der Waals surface area contributed by atoms with Gasteiger partial charge in [0.25, 0.3) is 11.6 Å². The minimum absolute atomic E-state index is 0.00114. The molecule has 1 amide bonds. The molecule has 6 nitrogen and oxygen atoms in total. The monoisotopic (exact) mass is 452 g/mol. The van der Waals surface area contributed by atoms with Crippen LogP contribution >= 0.6 is 34.2 Å². The molecular formula is C15H18ClIN2O4. The first-order chi connectivity index (χ1) is 10.8. The number of rotatable bonds is 5. The lowest BCUT2D eigenvalue weighted by atomic mass is 10.2. The van der Waals surface area contributed by atoms with Gasteiger partial charge < -0.3 is 9.64 Å². The van der Waals surface area contributed by atoms with E-state index in [2.05, 4.69) is 36.4 Å². The van der Waals surface area contributed by atoms with E-state index in [1.807, 2.05) is 0 Å². The van der Waals surface area contributed by atoms with Crippen LogP contribution in [0.3, 0.4) is 0 Å². The zero-order chi connectivity index (χ0) is 17.1. The van der Waals surface area contributed by atoms with Gasteiger partial charge in [-0.25, -0.2) is 0 Å². The van der Waals surface area contributed by atoms with Crippen molar-refractivity contribution in [1.82, 2.24) is 4.90 Å². The summed E-state index contributed by atoms with van der Waals surface area (Å²) in [6, 6.07) is 3.92. The molecule has 1 aromatic carbocycles. The number of ether oxygens (including phenoxy) is 1. The lowest BCUT2D eigenvalue weighted by Gasteiger charge is -2.24. The Labute approximate surface area is 153 Å². The van der Waals surface area contributed by atoms with Gasteiger partial charge in [0, 0.05) is 25.3 Å². The fourth-order valence-electron chi connectivity index (χ4n) is 2.37. The van der Waals surface area contributed by atoms with Crippen LogP contribution in [0.1, 0.15) is 30.6 Å². The maximum atomic E-state index is 12.7. The van der Waals surface area contributed by atoms with Crippen LogP contribution in [0.4, 0.5) is 5.69 Å². The van der Waals surface area contributed by atoms with Gasteiger partial charge in [-0.1, -0.05) is 48.0 Å². The molecule has 0 aliphatic carbocycles. The molecule has 0 aromatic heterocycles.